The Labute approximate surface area is 230 Å². The SMILES string of the molecule is N#C/C(C(=O)Nc1ccccc1Cl)=c1/s/c(=C\c2ccc(-c3ccc(Cl)cc3)o2)c(=O)n1-c1ccccc1. The molecule has 6 nitrogen and oxygen atoms in total. The van der Waals surface area contributed by atoms with Crippen molar-refractivity contribution in [3.63, 3.8) is 0 Å². The Bertz CT molecular complexity index is 1870. The fourth-order valence-electron chi connectivity index (χ4n) is 3.73. The van der Waals surface area contributed by atoms with Crippen molar-refractivity contribution in [2.75, 3.05) is 5.32 Å². The zero-order valence-corrected chi connectivity index (χ0v) is 21.8. The third kappa shape index (κ3) is 5.20. The van der Waals surface area contributed by atoms with Crippen molar-refractivity contribution in [3.8, 4) is 23.1 Å². The van der Waals surface area contributed by atoms with Gasteiger partial charge in [0.15, 0.2) is 5.57 Å². The highest BCUT2D eigenvalue weighted by Gasteiger charge is 2.18. The molecule has 3 aromatic carbocycles. The molecular weight excluding hydrogens is 541 g/mol. The Morgan fingerprint density at radius 1 is 0.947 bits per heavy atom. The van der Waals surface area contributed by atoms with Crippen molar-refractivity contribution in [3.05, 3.63) is 126 Å². The van der Waals surface area contributed by atoms with E-state index in [0.29, 0.717) is 37.5 Å². The first-order chi connectivity index (χ1) is 18.4. The third-order valence-electron chi connectivity index (χ3n) is 5.54. The largest absolute Gasteiger partial charge is 0.457 e. The monoisotopic (exact) mass is 557 g/mol. The van der Waals surface area contributed by atoms with E-state index >= 15 is 0 Å². The Hall–Kier alpha value is -4.35. The lowest BCUT2D eigenvalue weighted by atomic mass is 10.2. The van der Waals surface area contributed by atoms with Gasteiger partial charge in [0.25, 0.3) is 11.5 Å². The summed E-state index contributed by atoms with van der Waals surface area (Å²) in [7, 11) is 0. The van der Waals surface area contributed by atoms with Crippen LogP contribution in [0.15, 0.2) is 100 Å². The van der Waals surface area contributed by atoms with Crippen LogP contribution in [0.2, 0.25) is 10.0 Å². The third-order valence-corrected chi connectivity index (χ3v) is 7.22. The molecule has 1 N–H and O–H groups in total. The maximum absolute atomic E-state index is 13.6. The summed E-state index contributed by atoms with van der Waals surface area (Å²) in [6, 6.07) is 28.2. The molecule has 2 heterocycles. The zero-order valence-electron chi connectivity index (χ0n) is 19.5. The van der Waals surface area contributed by atoms with E-state index in [-0.39, 0.29) is 15.8 Å². The van der Waals surface area contributed by atoms with Gasteiger partial charge in [-0.15, -0.1) is 11.3 Å². The molecule has 1 amide bonds. The minimum absolute atomic E-state index is 0.184. The lowest BCUT2D eigenvalue weighted by Crippen LogP contribution is -2.32. The Morgan fingerprint density at radius 3 is 2.37 bits per heavy atom. The van der Waals surface area contributed by atoms with Crippen molar-refractivity contribution in [2.24, 2.45) is 0 Å². The second-order valence-corrected chi connectivity index (χ2v) is 9.90. The number of carbonyl (C=O) groups is 1. The zero-order chi connectivity index (χ0) is 26.6. The summed E-state index contributed by atoms with van der Waals surface area (Å²) in [6.07, 6.45) is 1.59. The number of halogens is 2. The molecule has 0 saturated heterocycles. The number of carbonyl (C=O) groups excluding carboxylic acids is 1. The van der Waals surface area contributed by atoms with E-state index in [9.17, 15) is 14.9 Å². The van der Waals surface area contributed by atoms with Gasteiger partial charge in [-0.05, 0) is 60.7 Å². The van der Waals surface area contributed by atoms with Crippen LogP contribution in [0.3, 0.4) is 0 Å². The quantitative estimate of drug-likeness (QED) is 0.304. The number of rotatable bonds is 5. The Balaban J connectivity index is 1.66. The van der Waals surface area contributed by atoms with E-state index in [2.05, 4.69) is 5.32 Å². The molecule has 186 valence electrons. The van der Waals surface area contributed by atoms with E-state index in [4.69, 9.17) is 27.6 Å². The number of benzene rings is 3. The number of hydrogen-bond donors (Lipinski definition) is 1. The second kappa shape index (κ2) is 11.0. The lowest BCUT2D eigenvalue weighted by Gasteiger charge is -2.07. The molecule has 0 spiro atoms. The fraction of sp³-hybridized carbons (Fsp3) is 0. The number of amides is 1. The first-order valence-electron chi connectivity index (χ1n) is 11.3. The van der Waals surface area contributed by atoms with Crippen molar-refractivity contribution in [1.82, 2.24) is 4.57 Å². The van der Waals surface area contributed by atoms with Crippen LogP contribution < -0.4 is 20.1 Å². The van der Waals surface area contributed by atoms with Crippen LogP contribution in [0.25, 0.3) is 28.7 Å². The van der Waals surface area contributed by atoms with E-state index in [1.54, 1.807) is 78.9 Å². The number of furan rings is 1. The average Bonchev–Trinajstić information content (AvgIpc) is 3.51. The van der Waals surface area contributed by atoms with E-state index in [1.165, 1.54) is 4.57 Å². The predicted octanol–water partition coefficient (Wildman–Crippen LogP) is 5.61. The van der Waals surface area contributed by atoms with Gasteiger partial charge in [-0.25, -0.2) is 0 Å². The normalized spacial score (nSPS) is 12.2. The molecule has 0 bridgehead atoms. The molecule has 0 aliphatic rings. The van der Waals surface area contributed by atoms with Crippen LogP contribution in [0.1, 0.15) is 5.76 Å². The van der Waals surface area contributed by atoms with Gasteiger partial charge in [0.1, 0.15) is 22.3 Å². The summed E-state index contributed by atoms with van der Waals surface area (Å²) in [5, 5.41) is 13.6. The van der Waals surface area contributed by atoms with Gasteiger partial charge in [0.2, 0.25) is 0 Å². The highest BCUT2D eigenvalue weighted by Crippen LogP contribution is 2.24. The van der Waals surface area contributed by atoms with Gasteiger partial charge in [0.05, 0.1) is 20.9 Å². The highest BCUT2D eigenvalue weighted by molar-refractivity contribution is 7.07. The van der Waals surface area contributed by atoms with E-state index < -0.39 is 5.91 Å². The Kier molecular flexibility index (Phi) is 7.29. The molecule has 0 aliphatic heterocycles. The number of anilines is 1. The van der Waals surface area contributed by atoms with Crippen molar-refractivity contribution < 1.29 is 9.21 Å². The first kappa shape index (κ1) is 25.3. The summed E-state index contributed by atoms with van der Waals surface area (Å²) in [4.78, 5) is 26.7. The number of aromatic nitrogens is 1. The predicted molar refractivity (Wildman–Crippen MR) is 151 cm³/mol. The first-order valence-corrected chi connectivity index (χ1v) is 12.9. The lowest BCUT2D eigenvalue weighted by molar-refractivity contribution is -0.111. The molecule has 0 aliphatic carbocycles. The van der Waals surface area contributed by atoms with Crippen molar-refractivity contribution in [2.45, 2.75) is 0 Å². The molecule has 2 aromatic heterocycles. The number of nitrogens with one attached hydrogen (secondary N) is 1. The summed E-state index contributed by atoms with van der Waals surface area (Å²) in [5.74, 6) is 0.372. The van der Waals surface area contributed by atoms with Gasteiger partial charge >= 0.3 is 0 Å². The molecule has 0 atom stereocenters. The molecule has 0 fully saturated rings. The standard InChI is InChI=1S/C29H17Cl2N3O3S/c30-19-12-10-18(11-13-19)25-15-14-21(37-25)16-26-28(36)34(20-6-2-1-3-7-20)29(38-26)22(17-32)27(35)33-24-9-5-4-8-23(24)31/h1-16H,(H,33,35)/b26-16-,29-22-. The maximum Gasteiger partial charge on any atom is 0.273 e. The number of para-hydroxylation sites is 2. The molecule has 5 rings (SSSR count). The van der Waals surface area contributed by atoms with Crippen LogP contribution in [0.4, 0.5) is 5.69 Å². The van der Waals surface area contributed by atoms with Crippen LogP contribution in [0, 0.1) is 11.3 Å². The number of nitriles is 1. The molecule has 0 radical (unpaired) electrons. The number of nitrogens with zero attached hydrogens (tertiary/aromatic N) is 2. The Morgan fingerprint density at radius 2 is 1.66 bits per heavy atom. The number of hydrogen-bond acceptors (Lipinski definition) is 5. The van der Waals surface area contributed by atoms with Crippen LogP contribution in [-0.2, 0) is 4.79 Å². The molecular formula is C29H17Cl2N3O3S. The summed E-state index contributed by atoms with van der Waals surface area (Å²) >= 11 is 13.2. The number of thiazole rings is 1. The summed E-state index contributed by atoms with van der Waals surface area (Å²) in [5.41, 5.74) is 1.09. The highest BCUT2D eigenvalue weighted by atomic mass is 35.5. The van der Waals surface area contributed by atoms with Gasteiger partial charge in [-0.3, -0.25) is 14.2 Å². The van der Waals surface area contributed by atoms with Crippen LogP contribution in [0.5, 0.6) is 0 Å². The minimum atomic E-state index is -0.680. The molecule has 0 unspecified atom stereocenters. The summed E-state index contributed by atoms with van der Waals surface area (Å²) < 4.78 is 7.77. The van der Waals surface area contributed by atoms with E-state index in [1.807, 2.05) is 24.3 Å². The van der Waals surface area contributed by atoms with Crippen LogP contribution >= 0.6 is 34.5 Å². The summed E-state index contributed by atoms with van der Waals surface area (Å²) in [6.45, 7) is 0. The average molecular weight is 558 g/mol. The molecule has 38 heavy (non-hydrogen) atoms. The van der Waals surface area contributed by atoms with Crippen molar-refractivity contribution in [1.29, 1.82) is 5.26 Å². The fourth-order valence-corrected chi connectivity index (χ4v) is 5.12. The van der Waals surface area contributed by atoms with Gasteiger partial charge in [0, 0.05) is 16.7 Å². The van der Waals surface area contributed by atoms with Crippen LogP contribution in [-0.4, -0.2) is 10.5 Å². The second-order valence-electron chi connectivity index (χ2n) is 8.02. The van der Waals surface area contributed by atoms with Gasteiger partial charge in [-0.1, -0.05) is 53.5 Å². The molecule has 9 heteroatoms. The molecule has 5 aromatic rings. The van der Waals surface area contributed by atoms with Crippen molar-refractivity contribution >= 4 is 57.8 Å². The van der Waals surface area contributed by atoms with Gasteiger partial charge < -0.3 is 9.73 Å². The van der Waals surface area contributed by atoms with Gasteiger partial charge in [-0.2, -0.15) is 5.26 Å². The smallest absolute Gasteiger partial charge is 0.273 e. The molecule has 0 saturated carbocycles. The van der Waals surface area contributed by atoms with E-state index in [0.717, 1.165) is 16.9 Å². The maximum atomic E-state index is 13.6. The minimum Gasteiger partial charge on any atom is -0.457 e. The topological polar surface area (TPSA) is 88.0 Å².